The second kappa shape index (κ2) is 13.4. The number of rotatable bonds is 12. The first kappa shape index (κ1) is 31.7. The summed E-state index contributed by atoms with van der Waals surface area (Å²) in [5.74, 6) is -0.276. The largest absolute Gasteiger partial charge is 0.499 e. The van der Waals surface area contributed by atoms with E-state index in [0.29, 0.717) is 30.2 Å². The van der Waals surface area contributed by atoms with Crippen LogP contribution in [0.3, 0.4) is 0 Å². The summed E-state index contributed by atoms with van der Waals surface area (Å²) < 4.78 is 91.4. The van der Waals surface area contributed by atoms with Crippen molar-refractivity contribution in [1.82, 2.24) is 20.2 Å². The number of methoxy groups -OCH3 is 2. The Bertz CT molecular complexity index is 1280. The summed E-state index contributed by atoms with van der Waals surface area (Å²) in [6, 6.07) is 11.8. The maximum Gasteiger partial charge on any atom is 0.499 e. The predicted octanol–water partition coefficient (Wildman–Crippen LogP) is 4.67. The van der Waals surface area contributed by atoms with Crippen LogP contribution in [0.1, 0.15) is 19.4 Å². The van der Waals surface area contributed by atoms with Crippen molar-refractivity contribution >= 4 is 0 Å². The molecule has 1 aliphatic rings. The minimum absolute atomic E-state index is 0.290. The van der Waals surface area contributed by atoms with Crippen molar-refractivity contribution in [3.63, 3.8) is 0 Å². The lowest BCUT2D eigenvalue weighted by molar-refractivity contribution is -0.360. The number of benzene rings is 2. The Hall–Kier alpha value is -3.21. The lowest BCUT2D eigenvalue weighted by Gasteiger charge is -2.43. The first-order valence-corrected chi connectivity index (χ1v) is 12.9. The molecule has 0 bridgehead atoms. The quantitative estimate of drug-likeness (QED) is 0.234. The van der Waals surface area contributed by atoms with Gasteiger partial charge in [-0.15, -0.1) is 5.10 Å². The molecule has 1 N–H and O–H groups in total. The van der Waals surface area contributed by atoms with Crippen molar-refractivity contribution in [3.05, 3.63) is 60.4 Å². The third-order valence-electron chi connectivity index (χ3n) is 6.49. The summed E-state index contributed by atoms with van der Waals surface area (Å²) >= 11 is 0. The fraction of sp³-hybridized carbons (Fsp3) is 0.481. The fourth-order valence-electron chi connectivity index (χ4n) is 4.39. The zero-order chi connectivity index (χ0) is 30.5. The zero-order valence-corrected chi connectivity index (χ0v) is 23.2. The lowest BCUT2D eigenvalue weighted by atomic mass is 9.99. The summed E-state index contributed by atoms with van der Waals surface area (Å²) in [6.07, 6.45) is -12.0. The van der Waals surface area contributed by atoms with Gasteiger partial charge in [0.05, 0.1) is 11.8 Å². The first-order chi connectivity index (χ1) is 20.0. The third-order valence-corrected chi connectivity index (χ3v) is 6.49. The van der Waals surface area contributed by atoms with Gasteiger partial charge in [0.1, 0.15) is 30.4 Å². The maximum absolute atomic E-state index is 13.1. The van der Waals surface area contributed by atoms with Crippen LogP contribution in [-0.4, -0.2) is 78.6 Å². The van der Waals surface area contributed by atoms with Gasteiger partial charge in [-0.05, 0) is 43.7 Å². The average molecular weight is 603 g/mol. The Morgan fingerprint density at radius 1 is 0.929 bits per heavy atom. The molecule has 3 aromatic rings. The van der Waals surface area contributed by atoms with Crippen molar-refractivity contribution in [2.75, 3.05) is 20.8 Å². The minimum atomic E-state index is -5.83. The van der Waals surface area contributed by atoms with Gasteiger partial charge in [0.2, 0.25) is 6.29 Å². The smallest absolute Gasteiger partial charge is 0.426 e. The molecule has 230 valence electrons. The Balaban J connectivity index is 1.33. The van der Waals surface area contributed by atoms with Crippen LogP contribution in [-0.2, 0) is 30.3 Å². The number of halogens is 5. The number of ether oxygens (including phenoxy) is 5. The van der Waals surface area contributed by atoms with Crippen molar-refractivity contribution in [2.24, 2.45) is 0 Å². The normalized spacial score (nSPS) is 23.2. The molecule has 42 heavy (non-hydrogen) atoms. The molecule has 0 radical (unpaired) electrons. The van der Waals surface area contributed by atoms with E-state index in [2.05, 4.69) is 20.3 Å². The van der Waals surface area contributed by atoms with Gasteiger partial charge in [0.15, 0.2) is 5.82 Å². The van der Waals surface area contributed by atoms with Gasteiger partial charge < -0.3 is 23.7 Å². The van der Waals surface area contributed by atoms with E-state index in [-0.39, 0.29) is 18.3 Å². The van der Waals surface area contributed by atoms with Crippen LogP contribution in [0.15, 0.2) is 54.9 Å². The van der Waals surface area contributed by atoms with E-state index in [9.17, 15) is 22.0 Å². The lowest BCUT2D eigenvalue weighted by Crippen LogP contribution is -2.60. The number of aromatic nitrogens is 3. The zero-order valence-electron chi connectivity index (χ0n) is 23.2. The molecule has 0 aliphatic carbocycles. The van der Waals surface area contributed by atoms with Crippen LogP contribution in [0.2, 0.25) is 0 Å². The molecular weight excluding hydrogens is 571 g/mol. The number of hydrogen-bond donors (Lipinski definition) is 1. The Labute approximate surface area is 238 Å². The summed E-state index contributed by atoms with van der Waals surface area (Å²) in [4.78, 5) is 10.0. The second-order valence-electron chi connectivity index (χ2n) is 9.29. The van der Waals surface area contributed by atoms with Gasteiger partial charge >= 0.3 is 12.3 Å². The van der Waals surface area contributed by atoms with E-state index < -0.39 is 30.4 Å². The van der Waals surface area contributed by atoms with Crippen LogP contribution in [0.25, 0.3) is 17.1 Å². The number of nitrogens with zero attached hydrogens (tertiary/aromatic N) is 3. The molecule has 2 heterocycles. The second-order valence-corrected chi connectivity index (χ2v) is 9.29. The van der Waals surface area contributed by atoms with Gasteiger partial charge in [0, 0.05) is 32.9 Å². The summed E-state index contributed by atoms with van der Waals surface area (Å²) in [6.45, 7) is 4.59. The summed E-state index contributed by atoms with van der Waals surface area (Å²) in [7, 11) is 3.15. The molecule has 0 spiro atoms. The Morgan fingerprint density at radius 2 is 1.60 bits per heavy atom. The van der Waals surface area contributed by atoms with E-state index in [1.54, 1.807) is 26.4 Å². The van der Waals surface area contributed by atoms with Crippen LogP contribution in [0.5, 0.6) is 5.75 Å². The highest BCUT2D eigenvalue weighted by Gasteiger charge is 2.61. The Kier molecular flexibility index (Phi) is 10.1. The molecule has 5 atom stereocenters. The molecule has 10 nitrogen and oxygen atoms in total. The number of nitrogens with one attached hydrogen (secondary N) is 1. The van der Waals surface area contributed by atoms with E-state index in [0.717, 1.165) is 17.7 Å². The summed E-state index contributed by atoms with van der Waals surface area (Å²) in [5, 5.41) is 4.35. The molecule has 1 aliphatic heterocycles. The summed E-state index contributed by atoms with van der Waals surface area (Å²) in [5.41, 5.74) is 4.87. The van der Waals surface area contributed by atoms with Crippen molar-refractivity contribution < 1.29 is 50.5 Å². The van der Waals surface area contributed by atoms with Gasteiger partial charge in [-0.2, -0.15) is 27.4 Å². The van der Waals surface area contributed by atoms with Crippen LogP contribution >= 0.6 is 0 Å². The Morgan fingerprint density at radius 3 is 2.19 bits per heavy atom. The van der Waals surface area contributed by atoms with Crippen molar-refractivity contribution in [1.29, 1.82) is 0 Å². The number of alkyl halides is 5. The minimum Gasteiger partial charge on any atom is -0.426 e. The van der Waals surface area contributed by atoms with Crippen LogP contribution < -0.4 is 10.2 Å². The topological polar surface area (TPSA) is 98.1 Å². The molecule has 1 saturated heterocycles. The third kappa shape index (κ3) is 7.22. The van der Waals surface area contributed by atoms with Crippen LogP contribution in [0, 0.1) is 0 Å². The molecule has 15 heteroatoms. The van der Waals surface area contributed by atoms with E-state index in [1.165, 1.54) is 23.1 Å². The van der Waals surface area contributed by atoms with E-state index >= 15 is 0 Å². The highest BCUT2D eigenvalue weighted by Crippen LogP contribution is 2.37. The van der Waals surface area contributed by atoms with E-state index in [1.807, 2.05) is 26.0 Å². The van der Waals surface area contributed by atoms with Gasteiger partial charge in [-0.25, -0.2) is 9.67 Å². The molecular formula is C27H31F5N4O6. The van der Waals surface area contributed by atoms with Crippen molar-refractivity contribution in [2.45, 2.75) is 63.4 Å². The average Bonchev–Trinajstić information content (AvgIpc) is 3.44. The SMILES string of the molecule is CCOC1C(OC)C(C)OC(ONCc2ccc(-c3ncn(-c4ccc(OC(F)(F)C(F)(F)F)cc4)n3)cc2)C1OC. The van der Waals surface area contributed by atoms with Crippen LogP contribution in [0.4, 0.5) is 22.0 Å². The molecule has 4 rings (SSSR count). The predicted molar refractivity (Wildman–Crippen MR) is 138 cm³/mol. The highest BCUT2D eigenvalue weighted by molar-refractivity contribution is 5.55. The molecule has 0 saturated carbocycles. The monoisotopic (exact) mass is 602 g/mol. The number of hydrogen-bond acceptors (Lipinski definition) is 9. The number of hydroxylamine groups is 1. The van der Waals surface area contributed by atoms with Gasteiger partial charge in [-0.3, -0.25) is 4.84 Å². The molecule has 1 fully saturated rings. The molecule has 0 amide bonds. The molecule has 2 aromatic carbocycles. The van der Waals surface area contributed by atoms with Crippen molar-refractivity contribution in [3.8, 4) is 22.8 Å². The van der Waals surface area contributed by atoms with Gasteiger partial charge in [-0.1, -0.05) is 24.3 Å². The first-order valence-electron chi connectivity index (χ1n) is 12.9. The molecule has 1 aromatic heterocycles. The standard InChI is InChI=1S/C27H31F5N4O6/c1-5-39-22-21(37-3)16(2)40-25(23(22)38-4)42-34-14-17-6-8-18(9-7-17)24-33-15-36(35-24)19-10-12-20(13-11-19)41-27(31,32)26(28,29)30/h6-13,15-16,21-23,25,34H,5,14H2,1-4H3. The van der Waals surface area contributed by atoms with Gasteiger partial charge in [0.25, 0.3) is 0 Å². The highest BCUT2D eigenvalue weighted by atomic mass is 19.4. The maximum atomic E-state index is 13.1. The fourth-order valence-corrected chi connectivity index (χ4v) is 4.39. The van der Waals surface area contributed by atoms with E-state index in [4.69, 9.17) is 23.8 Å². The molecule has 5 unspecified atom stereocenters.